The molecule has 0 radical (unpaired) electrons. The van der Waals surface area contributed by atoms with Crippen LogP contribution in [0.3, 0.4) is 0 Å². The number of carbonyl (C=O) groups excluding carboxylic acids is 3. The van der Waals surface area contributed by atoms with Crippen LogP contribution >= 0.6 is 0 Å². The molecular formula is C16H22N2O5S. The van der Waals surface area contributed by atoms with Gasteiger partial charge in [0.05, 0.1) is 5.75 Å². The first-order valence-electron chi connectivity index (χ1n) is 7.48. The van der Waals surface area contributed by atoms with E-state index in [1.165, 1.54) is 6.92 Å². The molecule has 2 amide bonds. The minimum Gasteiger partial charge on any atom is -0.440 e. The number of hydrogen-bond donors (Lipinski definition) is 1. The summed E-state index contributed by atoms with van der Waals surface area (Å²) in [6.07, 6.45) is -0.755. The number of hydrogen-bond acceptors (Lipinski definition) is 5. The van der Waals surface area contributed by atoms with E-state index in [4.69, 9.17) is 4.74 Å². The number of nitrogens with one attached hydrogen (secondary N) is 1. The molecule has 0 aliphatic heterocycles. The molecule has 0 fully saturated rings. The highest BCUT2D eigenvalue weighted by Crippen LogP contribution is 2.17. The first kappa shape index (κ1) is 19.8. The lowest BCUT2D eigenvalue weighted by Crippen LogP contribution is -2.33. The van der Waals surface area contributed by atoms with Crippen LogP contribution in [0.2, 0.25) is 0 Å². The molecule has 0 bridgehead atoms. The van der Waals surface area contributed by atoms with E-state index in [-0.39, 0.29) is 18.1 Å². The lowest BCUT2D eigenvalue weighted by molar-refractivity contribution is -0.117. The number of benzene rings is 1. The Kier molecular flexibility index (Phi) is 7.57. The average molecular weight is 354 g/mol. The van der Waals surface area contributed by atoms with Gasteiger partial charge in [-0.05, 0) is 18.4 Å². The summed E-state index contributed by atoms with van der Waals surface area (Å²) >= 11 is 0. The largest absolute Gasteiger partial charge is 0.443 e. The summed E-state index contributed by atoms with van der Waals surface area (Å²) in [5.41, 5.74) is 0.765. The molecule has 0 aliphatic rings. The second kappa shape index (κ2) is 9.17. The van der Waals surface area contributed by atoms with Gasteiger partial charge in [-0.25, -0.2) is 9.00 Å². The number of amides is 2. The zero-order valence-corrected chi connectivity index (χ0v) is 14.7. The van der Waals surface area contributed by atoms with Gasteiger partial charge in [0.25, 0.3) is 0 Å². The van der Waals surface area contributed by atoms with Crippen molar-refractivity contribution in [1.82, 2.24) is 4.72 Å². The first-order chi connectivity index (χ1) is 11.3. The number of aldehydes is 1. The molecule has 1 N–H and O–H groups in total. The molecule has 1 aromatic carbocycles. The molecule has 0 saturated heterocycles. The molecule has 1 aromatic rings. The SMILES string of the molecule is CC(=O)NS(=O)(C[C@@H](C)CC=O)=NC(=O)O[C@@H](C)c1ccccc1. The van der Waals surface area contributed by atoms with Crippen LogP contribution in [-0.2, 0) is 24.2 Å². The van der Waals surface area contributed by atoms with Crippen molar-refractivity contribution in [1.29, 1.82) is 0 Å². The molecule has 0 heterocycles. The van der Waals surface area contributed by atoms with Crippen molar-refractivity contribution in [3.8, 4) is 0 Å². The van der Waals surface area contributed by atoms with Crippen LogP contribution in [0.5, 0.6) is 0 Å². The van der Waals surface area contributed by atoms with Gasteiger partial charge in [-0.15, -0.1) is 4.36 Å². The van der Waals surface area contributed by atoms with E-state index in [1.54, 1.807) is 38.1 Å². The third kappa shape index (κ3) is 6.91. The standard InChI is InChI=1S/C16H22N2O5S/c1-12(9-10-19)11-24(22,17-14(3)20)18-16(21)23-13(2)15-7-5-4-6-8-15/h4-8,10,12-13H,9,11H2,1-3H3,(H,17,18,20,21,22)/t12-,13-,24?/m0/s1. The number of ether oxygens (including phenoxy) is 1. The smallest absolute Gasteiger partial charge is 0.440 e. The Morgan fingerprint density at radius 2 is 1.92 bits per heavy atom. The summed E-state index contributed by atoms with van der Waals surface area (Å²) in [6, 6.07) is 9.02. The van der Waals surface area contributed by atoms with Crippen molar-refractivity contribution < 1.29 is 23.3 Å². The number of rotatable bonds is 7. The predicted molar refractivity (Wildman–Crippen MR) is 90.4 cm³/mol. The molecule has 24 heavy (non-hydrogen) atoms. The highest BCUT2D eigenvalue weighted by atomic mass is 32.2. The maximum atomic E-state index is 12.7. The van der Waals surface area contributed by atoms with Crippen LogP contribution in [0.4, 0.5) is 4.79 Å². The Morgan fingerprint density at radius 1 is 1.29 bits per heavy atom. The Labute approximate surface area is 142 Å². The van der Waals surface area contributed by atoms with E-state index in [0.29, 0.717) is 6.29 Å². The van der Waals surface area contributed by atoms with Crippen molar-refractivity contribution in [3.63, 3.8) is 0 Å². The Bertz CT molecular complexity index is 696. The zero-order chi connectivity index (χ0) is 18.2. The summed E-state index contributed by atoms with van der Waals surface area (Å²) in [5, 5.41) is 0. The van der Waals surface area contributed by atoms with Gasteiger partial charge in [0.2, 0.25) is 5.91 Å². The lowest BCUT2D eigenvalue weighted by Gasteiger charge is -2.15. The normalized spacial score (nSPS) is 15.5. The second-order valence-electron chi connectivity index (χ2n) is 5.50. The van der Waals surface area contributed by atoms with E-state index in [2.05, 4.69) is 9.08 Å². The summed E-state index contributed by atoms with van der Waals surface area (Å²) in [7, 11) is -3.34. The Hall–Kier alpha value is -2.22. The fourth-order valence-corrected chi connectivity index (χ4v) is 3.87. The van der Waals surface area contributed by atoms with Crippen LogP contribution in [0.15, 0.2) is 34.7 Å². The molecule has 1 rings (SSSR count). The average Bonchev–Trinajstić information content (AvgIpc) is 2.46. The molecule has 132 valence electrons. The van der Waals surface area contributed by atoms with Crippen molar-refractivity contribution in [2.45, 2.75) is 33.3 Å². The van der Waals surface area contributed by atoms with Gasteiger partial charge < -0.3 is 9.53 Å². The van der Waals surface area contributed by atoms with Gasteiger partial charge in [-0.2, -0.15) is 0 Å². The monoisotopic (exact) mass is 354 g/mol. The Balaban J connectivity index is 2.91. The predicted octanol–water partition coefficient (Wildman–Crippen LogP) is 2.63. The maximum Gasteiger partial charge on any atom is 0.443 e. The van der Waals surface area contributed by atoms with Crippen LogP contribution < -0.4 is 4.72 Å². The second-order valence-corrected chi connectivity index (χ2v) is 7.50. The van der Waals surface area contributed by atoms with Gasteiger partial charge in [-0.1, -0.05) is 37.3 Å². The topological polar surface area (TPSA) is 102 Å². The molecular weight excluding hydrogens is 332 g/mol. The quantitative estimate of drug-likeness (QED) is 0.758. The molecule has 3 atom stereocenters. The molecule has 0 spiro atoms. The van der Waals surface area contributed by atoms with E-state index in [1.807, 2.05) is 6.07 Å². The van der Waals surface area contributed by atoms with E-state index in [0.717, 1.165) is 5.56 Å². The number of carbonyl (C=O) groups is 3. The molecule has 8 heteroatoms. The summed E-state index contributed by atoms with van der Waals surface area (Å²) < 4.78 is 23.6. The van der Waals surface area contributed by atoms with Gasteiger partial charge in [0, 0.05) is 13.3 Å². The lowest BCUT2D eigenvalue weighted by atomic mass is 10.1. The van der Waals surface area contributed by atoms with E-state index < -0.39 is 28.0 Å². The van der Waals surface area contributed by atoms with Crippen LogP contribution in [-0.4, -0.2) is 28.2 Å². The molecule has 1 unspecified atom stereocenters. The minimum absolute atomic E-state index is 0.111. The van der Waals surface area contributed by atoms with Gasteiger partial charge in [0.15, 0.2) is 0 Å². The Morgan fingerprint density at radius 3 is 2.46 bits per heavy atom. The van der Waals surface area contributed by atoms with Crippen LogP contribution in [0.25, 0.3) is 0 Å². The van der Waals surface area contributed by atoms with Crippen molar-refractivity contribution in [2.75, 3.05) is 5.75 Å². The van der Waals surface area contributed by atoms with Crippen molar-refractivity contribution in [2.24, 2.45) is 10.3 Å². The zero-order valence-electron chi connectivity index (χ0n) is 13.9. The first-order valence-corrected chi connectivity index (χ1v) is 9.16. The third-order valence-corrected chi connectivity index (χ3v) is 5.15. The minimum atomic E-state index is -3.34. The summed E-state index contributed by atoms with van der Waals surface area (Å²) in [5.74, 6) is -0.990. The summed E-state index contributed by atoms with van der Waals surface area (Å²) in [4.78, 5) is 33.8. The van der Waals surface area contributed by atoms with Gasteiger partial charge >= 0.3 is 6.09 Å². The van der Waals surface area contributed by atoms with Crippen molar-refractivity contribution in [3.05, 3.63) is 35.9 Å². The number of nitrogens with zero attached hydrogens (tertiary/aromatic N) is 1. The molecule has 0 aliphatic carbocycles. The summed E-state index contributed by atoms with van der Waals surface area (Å²) in [6.45, 7) is 4.53. The maximum absolute atomic E-state index is 12.7. The highest BCUT2D eigenvalue weighted by Gasteiger charge is 2.19. The molecule has 0 saturated carbocycles. The van der Waals surface area contributed by atoms with Crippen molar-refractivity contribution >= 4 is 28.2 Å². The van der Waals surface area contributed by atoms with Crippen LogP contribution in [0, 0.1) is 5.92 Å². The fourth-order valence-electron chi connectivity index (χ4n) is 2.03. The molecule has 7 nitrogen and oxygen atoms in total. The van der Waals surface area contributed by atoms with E-state index >= 15 is 0 Å². The van der Waals surface area contributed by atoms with Gasteiger partial charge in [0.1, 0.15) is 22.3 Å². The van der Waals surface area contributed by atoms with Gasteiger partial charge in [-0.3, -0.25) is 9.52 Å². The highest BCUT2D eigenvalue weighted by molar-refractivity contribution is 7.92. The van der Waals surface area contributed by atoms with Crippen LogP contribution in [0.1, 0.15) is 38.9 Å². The van der Waals surface area contributed by atoms with E-state index in [9.17, 15) is 18.6 Å². The third-order valence-electron chi connectivity index (χ3n) is 3.08. The molecule has 0 aromatic heterocycles. The fraction of sp³-hybridized carbons (Fsp3) is 0.438.